The standard InChI is InChI=1S/C27H23ClFNO7/c1-34-19-9-8-15(28)12-18(19)24(31)22-23(14-10-20(35-2)26(37-4)21(11-14)36-3)30(27(33)25(22)32)17-7-5-6-16(29)13-17/h5-13,23,31H,1-4H3/b24-22+. The number of methoxy groups -OCH3 is 4. The van der Waals surface area contributed by atoms with E-state index in [0.717, 1.165) is 11.0 Å². The molecule has 0 radical (unpaired) electrons. The Hall–Kier alpha value is -4.24. The van der Waals surface area contributed by atoms with E-state index < -0.39 is 29.3 Å². The number of hydrogen-bond acceptors (Lipinski definition) is 7. The summed E-state index contributed by atoms with van der Waals surface area (Å²) < 4.78 is 35.9. The molecule has 0 aromatic heterocycles. The number of carbonyl (C=O) groups is 2. The van der Waals surface area contributed by atoms with Crippen LogP contribution in [0.1, 0.15) is 17.2 Å². The van der Waals surface area contributed by atoms with Crippen LogP contribution in [0.2, 0.25) is 5.02 Å². The number of rotatable bonds is 7. The Bertz CT molecular complexity index is 1400. The molecule has 192 valence electrons. The molecule has 0 aliphatic carbocycles. The lowest BCUT2D eigenvalue weighted by atomic mass is 9.94. The number of ketones is 1. The predicted molar refractivity (Wildman–Crippen MR) is 135 cm³/mol. The smallest absolute Gasteiger partial charge is 0.300 e. The Morgan fingerprint density at radius 1 is 0.892 bits per heavy atom. The normalized spacial score (nSPS) is 16.6. The second-order valence-electron chi connectivity index (χ2n) is 7.95. The lowest BCUT2D eigenvalue weighted by Gasteiger charge is -2.26. The van der Waals surface area contributed by atoms with Crippen molar-refractivity contribution >= 4 is 34.7 Å². The van der Waals surface area contributed by atoms with Crippen LogP contribution in [-0.2, 0) is 9.59 Å². The van der Waals surface area contributed by atoms with Crippen molar-refractivity contribution in [3.63, 3.8) is 0 Å². The van der Waals surface area contributed by atoms with E-state index in [0.29, 0.717) is 5.56 Å². The van der Waals surface area contributed by atoms with Gasteiger partial charge in [-0.25, -0.2) is 4.39 Å². The van der Waals surface area contributed by atoms with Crippen LogP contribution in [0.25, 0.3) is 5.76 Å². The van der Waals surface area contributed by atoms with E-state index in [4.69, 9.17) is 30.5 Å². The van der Waals surface area contributed by atoms with Crippen molar-refractivity contribution in [3.8, 4) is 23.0 Å². The maximum absolute atomic E-state index is 14.2. The molecule has 1 heterocycles. The second kappa shape index (κ2) is 10.4. The quantitative estimate of drug-likeness (QED) is 0.258. The maximum Gasteiger partial charge on any atom is 0.300 e. The van der Waals surface area contributed by atoms with Gasteiger partial charge in [-0.05, 0) is 54.1 Å². The van der Waals surface area contributed by atoms with E-state index in [1.165, 1.54) is 58.8 Å². The Labute approximate surface area is 217 Å². The van der Waals surface area contributed by atoms with Crippen molar-refractivity contribution in [2.24, 2.45) is 0 Å². The van der Waals surface area contributed by atoms with Crippen molar-refractivity contribution in [1.82, 2.24) is 0 Å². The molecule has 1 aliphatic rings. The van der Waals surface area contributed by atoms with Crippen molar-refractivity contribution in [3.05, 3.63) is 82.1 Å². The molecule has 3 aromatic rings. The van der Waals surface area contributed by atoms with E-state index in [1.54, 1.807) is 18.2 Å². The number of nitrogens with zero attached hydrogens (tertiary/aromatic N) is 1. The van der Waals surface area contributed by atoms with E-state index in [-0.39, 0.29) is 44.8 Å². The summed E-state index contributed by atoms with van der Waals surface area (Å²) in [7, 11) is 5.66. The number of halogens is 2. The van der Waals surface area contributed by atoms with Crippen LogP contribution < -0.4 is 23.8 Å². The van der Waals surface area contributed by atoms with Crippen molar-refractivity contribution in [2.75, 3.05) is 33.3 Å². The minimum atomic E-state index is -1.20. The van der Waals surface area contributed by atoms with Gasteiger partial charge in [-0.15, -0.1) is 0 Å². The molecular weight excluding hydrogens is 505 g/mol. The summed E-state index contributed by atoms with van der Waals surface area (Å²) in [5.41, 5.74) is 0.284. The molecule has 1 aliphatic heterocycles. The van der Waals surface area contributed by atoms with Crippen LogP contribution in [0.4, 0.5) is 10.1 Å². The number of amides is 1. The number of hydrogen-bond donors (Lipinski definition) is 1. The first-order valence-corrected chi connectivity index (χ1v) is 11.3. The molecule has 1 unspecified atom stereocenters. The number of Topliss-reactive ketones (excluding diaryl/α,β-unsaturated/α-hetero) is 1. The van der Waals surface area contributed by atoms with Gasteiger partial charge >= 0.3 is 0 Å². The summed E-state index contributed by atoms with van der Waals surface area (Å²) in [6.07, 6.45) is 0. The van der Waals surface area contributed by atoms with Gasteiger partial charge in [0.2, 0.25) is 5.75 Å². The third-order valence-electron chi connectivity index (χ3n) is 5.95. The first-order chi connectivity index (χ1) is 17.7. The van der Waals surface area contributed by atoms with Gasteiger partial charge in [0.15, 0.2) is 11.5 Å². The summed E-state index contributed by atoms with van der Waals surface area (Å²) in [5, 5.41) is 11.7. The van der Waals surface area contributed by atoms with Crippen LogP contribution in [-0.4, -0.2) is 45.2 Å². The highest BCUT2D eigenvalue weighted by Crippen LogP contribution is 2.47. The Balaban J connectivity index is 2.06. The van der Waals surface area contributed by atoms with Crippen LogP contribution in [0, 0.1) is 5.82 Å². The van der Waals surface area contributed by atoms with Gasteiger partial charge in [0.25, 0.3) is 11.7 Å². The van der Waals surface area contributed by atoms with Gasteiger partial charge in [-0.1, -0.05) is 17.7 Å². The first-order valence-electron chi connectivity index (χ1n) is 11.0. The van der Waals surface area contributed by atoms with Gasteiger partial charge in [0.1, 0.15) is 17.3 Å². The summed E-state index contributed by atoms with van der Waals surface area (Å²) >= 11 is 6.16. The topological polar surface area (TPSA) is 94.5 Å². The van der Waals surface area contributed by atoms with Crippen molar-refractivity contribution < 1.29 is 38.0 Å². The summed E-state index contributed by atoms with van der Waals surface area (Å²) in [6.45, 7) is 0. The minimum Gasteiger partial charge on any atom is -0.507 e. The zero-order valence-corrected chi connectivity index (χ0v) is 21.1. The highest BCUT2D eigenvalue weighted by Gasteiger charge is 2.48. The molecule has 0 spiro atoms. The number of aliphatic hydroxyl groups is 1. The Morgan fingerprint density at radius 2 is 1.54 bits per heavy atom. The van der Waals surface area contributed by atoms with Crippen molar-refractivity contribution in [1.29, 1.82) is 0 Å². The van der Waals surface area contributed by atoms with E-state index in [1.807, 2.05) is 0 Å². The molecule has 37 heavy (non-hydrogen) atoms. The average molecular weight is 528 g/mol. The first kappa shape index (κ1) is 25.8. The van der Waals surface area contributed by atoms with Gasteiger partial charge in [0, 0.05) is 10.7 Å². The lowest BCUT2D eigenvalue weighted by Crippen LogP contribution is -2.29. The van der Waals surface area contributed by atoms with Crippen LogP contribution in [0.3, 0.4) is 0 Å². The van der Waals surface area contributed by atoms with E-state index >= 15 is 0 Å². The lowest BCUT2D eigenvalue weighted by molar-refractivity contribution is -0.132. The molecule has 4 rings (SSSR count). The Kier molecular flexibility index (Phi) is 7.26. The van der Waals surface area contributed by atoms with E-state index in [2.05, 4.69) is 0 Å². The second-order valence-corrected chi connectivity index (χ2v) is 8.39. The molecule has 1 N–H and O–H groups in total. The zero-order chi connectivity index (χ0) is 26.9. The number of aliphatic hydroxyl groups excluding tert-OH is 1. The van der Waals surface area contributed by atoms with Gasteiger partial charge < -0.3 is 24.1 Å². The minimum absolute atomic E-state index is 0.102. The highest BCUT2D eigenvalue weighted by molar-refractivity contribution is 6.51. The average Bonchev–Trinajstić information content (AvgIpc) is 3.17. The predicted octanol–water partition coefficient (Wildman–Crippen LogP) is 5.14. The van der Waals surface area contributed by atoms with Gasteiger partial charge in [-0.2, -0.15) is 0 Å². The number of carbonyl (C=O) groups excluding carboxylic acids is 2. The molecule has 8 nitrogen and oxygen atoms in total. The molecule has 1 fully saturated rings. The molecular formula is C27H23ClFNO7. The molecule has 1 saturated heterocycles. The van der Waals surface area contributed by atoms with Gasteiger partial charge in [0.05, 0.1) is 45.6 Å². The largest absolute Gasteiger partial charge is 0.507 e. The fourth-order valence-electron chi connectivity index (χ4n) is 4.31. The van der Waals surface area contributed by atoms with E-state index in [9.17, 15) is 19.1 Å². The zero-order valence-electron chi connectivity index (χ0n) is 20.4. The van der Waals surface area contributed by atoms with Gasteiger partial charge in [-0.3, -0.25) is 14.5 Å². The monoisotopic (exact) mass is 527 g/mol. The SMILES string of the molecule is COc1ccc(Cl)cc1/C(O)=C1\C(=O)C(=O)N(c2cccc(F)c2)C1c1cc(OC)c(OC)c(OC)c1. The molecule has 0 bridgehead atoms. The fraction of sp³-hybridized carbons (Fsp3) is 0.185. The molecule has 1 amide bonds. The third kappa shape index (κ3) is 4.53. The number of benzene rings is 3. The number of anilines is 1. The molecule has 0 saturated carbocycles. The molecule has 3 aromatic carbocycles. The summed E-state index contributed by atoms with van der Waals surface area (Å²) in [6, 6.07) is 11.6. The summed E-state index contributed by atoms with van der Waals surface area (Å²) in [5.74, 6) is -2.07. The summed E-state index contributed by atoms with van der Waals surface area (Å²) in [4.78, 5) is 27.9. The van der Waals surface area contributed by atoms with Crippen molar-refractivity contribution in [2.45, 2.75) is 6.04 Å². The van der Waals surface area contributed by atoms with Crippen LogP contribution in [0.5, 0.6) is 23.0 Å². The fourth-order valence-corrected chi connectivity index (χ4v) is 4.48. The van der Waals surface area contributed by atoms with Crippen LogP contribution >= 0.6 is 11.6 Å². The molecule has 1 atom stereocenters. The molecule has 10 heteroatoms. The number of ether oxygens (including phenoxy) is 4. The maximum atomic E-state index is 14.2. The third-order valence-corrected chi connectivity index (χ3v) is 6.19. The Morgan fingerprint density at radius 3 is 2.11 bits per heavy atom. The van der Waals surface area contributed by atoms with Crippen LogP contribution in [0.15, 0.2) is 60.2 Å². The highest BCUT2D eigenvalue weighted by atomic mass is 35.5.